The summed E-state index contributed by atoms with van der Waals surface area (Å²) in [6.07, 6.45) is 1.53. The normalized spacial score (nSPS) is 15.9. The molecule has 1 amide bonds. The van der Waals surface area contributed by atoms with Crippen LogP contribution in [0.3, 0.4) is 0 Å². The molecule has 0 unspecified atom stereocenters. The summed E-state index contributed by atoms with van der Waals surface area (Å²) in [6, 6.07) is 8.01. The van der Waals surface area contributed by atoms with Gasteiger partial charge >= 0.3 is 0 Å². The van der Waals surface area contributed by atoms with Crippen LogP contribution in [0.1, 0.15) is 16.1 Å². The number of benzene rings is 1. The average Bonchev–Trinajstić information content (AvgIpc) is 2.64. The van der Waals surface area contributed by atoms with Crippen LogP contribution in [0, 0.1) is 6.92 Å². The second kappa shape index (κ2) is 7.52. The monoisotopic (exact) mass is 413 g/mol. The lowest BCUT2D eigenvalue weighted by Gasteiger charge is -2.34. The van der Waals surface area contributed by atoms with Gasteiger partial charge in [0.15, 0.2) is 0 Å². The van der Waals surface area contributed by atoms with E-state index in [9.17, 15) is 13.2 Å². The largest absolute Gasteiger partial charge is 0.336 e. The van der Waals surface area contributed by atoms with E-state index in [-0.39, 0.29) is 33.9 Å². The van der Waals surface area contributed by atoms with Gasteiger partial charge in [-0.15, -0.1) is 0 Å². The highest BCUT2D eigenvalue weighted by atomic mass is 35.5. The van der Waals surface area contributed by atoms with Crippen molar-refractivity contribution in [2.24, 2.45) is 0 Å². The number of piperazine rings is 1. The Morgan fingerprint density at radius 1 is 1.08 bits per heavy atom. The van der Waals surface area contributed by atoms with Crippen LogP contribution in [0.2, 0.25) is 10.0 Å². The van der Waals surface area contributed by atoms with E-state index in [1.807, 2.05) is 6.92 Å². The number of pyridine rings is 1. The molecule has 0 atom stereocenters. The molecule has 6 nitrogen and oxygen atoms in total. The first-order chi connectivity index (χ1) is 12.3. The summed E-state index contributed by atoms with van der Waals surface area (Å²) in [5.41, 5.74) is 1.32. The lowest BCUT2D eigenvalue weighted by atomic mass is 10.2. The van der Waals surface area contributed by atoms with Crippen LogP contribution in [0.15, 0.2) is 41.4 Å². The summed E-state index contributed by atoms with van der Waals surface area (Å²) in [6.45, 7) is 2.82. The maximum absolute atomic E-state index is 12.8. The fraction of sp³-hybridized carbons (Fsp3) is 0.294. The Morgan fingerprint density at radius 3 is 2.38 bits per heavy atom. The summed E-state index contributed by atoms with van der Waals surface area (Å²) in [5, 5.41) is 0.201. The van der Waals surface area contributed by atoms with Crippen molar-refractivity contribution >= 4 is 39.1 Å². The van der Waals surface area contributed by atoms with E-state index in [2.05, 4.69) is 4.98 Å². The number of amides is 1. The van der Waals surface area contributed by atoms with Gasteiger partial charge in [0.05, 0.1) is 15.6 Å². The second-order valence-corrected chi connectivity index (χ2v) is 8.63. The molecular formula is C17H17Cl2N3O3S. The highest BCUT2D eigenvalue weighted by Crippen LogP contribution is 2.31. The number of hydrogen-bond acceptors (Lipinski definition) is 4. The van der Waals surface area contributed by atoms with Gasteiger partial charge in [-0.05, 0) is 31.2 Å². The number of aromatic nitrogens is 1. The van der Waals surface area contributed by atoms with E-state index in [0.29, 0.717) is 18.7 Å². The summed E-state index contributed by atoms with van der Waals surface area (Å²) in [5.74, 6) is -0.157. The first-order valence-corrected chi connectivity index (χ1v) is 10.2. The number of rotatable bonds is 3. The number of nitrogens with zero attached hydrogens (tertiary/aromatic N) is 3. The molecule has 0 bridgehead atoms. The number of halogens is 2. The lowest BCUT2D eigenvalue weighted by molar-refractivity contribution is 0.0697. The minimum Gasteiger partial charge on any atom is -0.336 e. The third-order valence-electron chi connectivity index (χ3n) is 4.22. The third kappa shape index (κ3) is 3.71. The predicted molar refractivity (Wildman–Crippen MR) is 100 cm³/mol. The maximum Gasteiger partial charge on any atom is 0.255 e. The van der Waals surface area contributed by atoms with Gasteiger partial charge in [0.2, 0.25) is 10.0 Å². The molecule has 0 N–H and O–H groups in total. The summed E-state index contributed by atoms with van der Waals surface area (Å²) in [7, 11) is -3.77. The Kier molecular flexibility index (Phi) is 5.53. The average molecular weight is 414 g/mol. The van der Waals surface area contributed by atoms with E-state index >= 15 is 0 Å². The first-order valence-electron chi connectivity index (χ1n) is 7.97. The van der Waals surface area contributed by atoms with Crippen LogP contribution >= 0.6 is 23.2 Å². The molecule has 2 heterocycles. The minimum atomic E-state index is -3.77. The van der Waals surface area contributed by atoms with Crippen LogP contribution in [-0.4, -0.2) is 54.7 Å². The van der Waals surface area contributed by atoms with Crippen molar-refractivity contribution in [1.29, 1.82) is 0 Å². The molecule has 1 aromatic carbocycles. The molecule has 1 fully saturated rings. The molecule has 0 radical (unpaired) electrons. The first kappa shape index (κ1) is 19.1. The zero-order valence-corrected chi connectivity index (χ0v) is 16.4. The number of carbonyl (C=O) groups excluding carboxylic acids is 1. The molecule has 138 valence electrons. The number of hydrogen-bond donors (Lipinski definition) is 0. The minimum absolute atomic E-state index is 0.0124. The van der Waals surface area contributed by atoms with Gasteiger partial charge in [-0.3, -0.25) is 9.78 Å². The fourth-order valence-electron chi connectivity index (χ4n) is 2.73. The van der Waals surface area contributed by atoms with Gasteiger partial charge in [0.25, 0.3) is 5.91 Å². The maximum atomic E-state index is 12.8. The van der Waals surface area contributed by atoms with Crippen molar-refractivity contribution in [3.63, 3.8) is 0 Å². The Bertz CT molecular complexity index is 925. The van der Waals surface area contributed by atoms with Crippen LogP contribution in [0.4, 0.5) is 0 Å². The van der Waals surface area contributed by atoms with Gasteiger partial charge < -0.3 is 4.90 Å². The highest BCUT2D eigenvalue weighted by molar-refractivity contribution is 7.89. The van der Waals surface area contributed by atoms with E-state index in [4.69, 9.17) is 23.2 Å². The van der Waals surface area contributed by atoms with Crippen molar-refractivity contribution in [1.82, 2.24) is 14.2 Å². The van der Waals surface area contributed by atoms with Gasteiger partial charge in [-0.1, -0.05) is 29.3 Å². The van der Waals surface area contributed by atoms with Crippen molar-refractivity contribution in [3.05, 3.63) is 57.8 Å². The highest BCUT2D eigenvalue weighted by Gasteiger charge is 2.32. The topological polar surface area (TPSA) is 70.6 Å². The Balaban J connectivity index is 1.72. The Morgan fingerprint density at radius 2 is 1.77 bits per heavy atom. The Hall–Kier alpha value is -1.67. The number of carbonyl (C=O) groups is 1. The summed E-state index contributed by atoms with van der Waals surface area (Å²) < 4.78 is 26.9. The lowest BCUT2D eigenvalue weighted by Crippen LogP contribution is -2.50. The molecule has 0 aliphatic carbocycles. The SMILES string of the molecule is Cc1ccc(C(=O)N2CCN(S(=O)(=O)c3cccc(Cl)c3Cl)CC2)cn1. The van der Waals surface area contributed by atoms with Crippen molar-refractivity contribution in [2.75, 3.05) is 26.2 Å². The van der Waals surface area contributed by atoms with Gasteiger partial charge in [-0.25, -0.2) is 8.42 Å². The molecule has 3 rings (SSSR count). The number of sulfonamides is 1. The molecule has 0 spiro atoms. The third-order valence-corrected chi connectivity index (χ3v) is 7.09. The molecule has 1 aliphatic heterocycles. The zero-order valence-electron chi connectivity index (χ0n) is 14.0. The van der Waals surface area contributed by atoms with Crippen LogP contribution in [-0.2, 0) is 10.0 Å². The predicted octanol–water partition coefficient (Wildman–Crippen LogP) is 2.84. The van der Waals surface area contributed by atoms with E-state index in [1.54, 1.807) is 23.1 Å². The van der Waals surface area contributed by atoms with Crippen molar-refractivity contribution in [3.8, 4) is 0 Å². The van der Waals surface area contributed by atoms with Crippen molar-refractivity contribution in [2.45, 2.75) is 11.8 Å². The molecule has 9 heteroatoms. The summed E-state index contributed by atoms with van der Waals surface area (Å²) >= 11 is 12.0. The zero-order chi connectivity index (χ0) is 18.9. The second-order valence-electron chi connectivity index (χ2n) is 5.94. The smallest absolute Gasteiger partial charge is 0.255 e. The van der Waals surface area contributed by atoms with Gasteiger partial charge in [0, 0.05) is 38.1 Å². The van der Waals surface area contributed by atoms with E-state index < -0.39 is 10.0 Å². The quantitative estimate of drug-likeness (QED) is 0.775. The molecule has 1 aliphatic rings. The summed E-state index contributed by atoms with van der Waals surface area (Å²) in [4.78, 5) is 18.2. The van der Waals surface area contributed by atoms with Crippen LogP contribution in [0.5, 0.6) is 0 Å². The van der Waals surface area contributed by atoms with Gasteiger partial charge in [-0.2, -0.15) is 4.31 Å². The molecule has 1 saturated heterocycles. The fourth-order valence-corrected chi connectivity index (χ4v) is 4.89. The molecule has 2 aromatic rings. The molecule has 1 aromatic heterocycles. The van der Waals surface area contributed by atoms with Crippen molar-refractivity contribution < 1.29 is 13.2 Å². The van der Waals surface area contributed by atoms with E-state index in [1.165, 1.54) is 22.6 Å². The number of aryl methyl sites for hydroxylation is 1. The standard InChI is InChI=1S/C17H17Cl2N3O3S/c1-12-5-6-13(11-20-12)17(23)21-7-9-22(10-8-21)26(24,25)15-4-2-3-14(18)16(15)19/h2-6,11H,7-10H2,1H3. The molecule has 26 heavy (non-hydrogen) atoms. The van der Waals surface area contributed by atoms with Crippen LogP contribution in [0.25, 0.3) is 0 Å². The van der Waals surface area contributed by atoms with Gasteiger partial charge in [0.1, 0.15) is 4.90 Å². The van der Waals surface area contributed by atoms with Crippen LogP contribution < -0.4 is 0 Å². The molecular weight excluding hydrogens is 397 g/mol. The Labute approximate surface area is 162 Å². The molecule has 0 saturated carbocycles. The van der Waals surface area contributed by atoms with E-state index in [0.717, 1.165) is 5.69 Å².